The minimum atomic E-state index is -0.558. The number of carbonyl (C=O) groups excluding carboxylic acids is 3. The molecular formula is C23H26N2O4. The van der Waals surface area contributed by atoms with Gasteiger partial charge in [0.2, 0.25) is 0 Å². The van der Waals surface area contributed by atoms with E-state index < -0.39 is 5.97 Å². The number of aryl methyl sites for hydroxylation is 1. The number of hydrogen-bond acceptors (Lipinski definition) is 5. The van der Waals surface area contributed by atoms with Gasteiger partial charge in [-0.05, 0) is 63.3 Å². The highest BCUT2D eigenvalue weighted by Crippen LogP contribution is 2.25. The molecule has 2 aromatic carbocycles. The lowest BCUT2D eigenvalue weighted by molar-refractivity contribution is 0.0647. The minimum Gasteiger partial charge on any atom is -0.423 e. The van der Waals surface area contributed by atoms with Crippen LogP contribution in [0.15, 0.2) is 42.5 Å². The van der Waals surface area contributed by atoms with Crippen molar-refractivity contribution in [1.29, 1.82) is 0 Å². The number of amides is 2. The Morgan fingerprint density at radius 2 is 1.62 bits per heavy atom. The molecule has 0 unspecified atom stereocenters. The van der Waals surface area contributed by atoms with Crippen molar-refractivity contribution >= 4 is 17.8 Å². The highest BCUT2D eigenvalue weighted by molar-refractivity contribution is 6.22. The molecular weight excluding hydrogens is 368 g/mol. The van der Waals surface area contributed by atoms with E-state index in [2.05, 4.69) is 18.7 Å². The molecule has 0 N–H and O–H groups in total. The van der Waals surface area contributed by atoms with E-state index in [0.717, 1.165) is 31.6 Å². The van der Waals surface area contributed by atoms with Gasteiger partial charge in [-0.15, -0.1) is 0 Å². The SMILES string of the molecule is CCN(CC)CCCN1C(=O)c2ccc(C(=O)Oc3ccc(C)cc3)cc2C1=O. The lowest BCUT2D eigenvalue weighted by Gasteiger charge is -2.20. The van der Waals surface area contributed by atoms with Gasteiger partial charge >= 0.3 is 5.97 Å². The minimum absolute atomic E-state index is 0.246. The van der Waals surface area contributed by atoms with Gasteiger partial charge in [0.15, 0.2) is 0 Å². The summed E-state index contributed by atoms with van der Waals surface area (Å²) in [4.78, 5) is 41.3. The molecule has 2 aromatic rings. The molecule has 0 spiro atoms. The molecule has 2 amide bonds. The van der Waals surface area contributed by atoms with Crippen LogP contribution in [0.1, 0.15) is 56.9 Å². The van der Waals surface area contributed by atoms with Crippen molar-refractivity contribution in [1.82, 2.24) is 9.80 Å². The standard InChI is InChI=1S/C23H26N2O4/c1-4-24(5-2)13-6-14-25-21(26)19-12-9-17(15-20(19)22(25)27)23(28)29-18-10-7-16(3)8-11-18/h7-12,15H,4-6,13-14H2,1-3H3. The molecule has 6 heteroatoms. The van der Waals surface area contributed by atoms with E-state index in [1.54, 1.807) is 12.1 Å². The molecule has 0 aliphatic carbocycles. The predicted octanol–water partition coefficient (Wildman–Crippen LogP) is 3.54. The maximum absolute atomic E-state index is 12.7. The summed E-state index contributed by atoms with van der Waals surface area (Å²) in [5.41, 5.74) is 1.91. The maximum Gasteiger partial charge on any atom is 0.343 e. The second-order valence-corrected chi connectivity index (χ2v) is 7.11. The Balaban J connectivity index is 1.69. The molecule has 0 aromatic heterocycles. The first kappa shape index (κ1) is 20.7. The molecule has 0 saturated heterocycles. The zero-order valence-electron chi connectivity index (χ0n) is 17.1. The normalized spacial score (nSPS) is 13.2. The number of rotatable bonds is 8. The van der Waals surface area contributed by atoms with Crippen LogP contribution >= 0.6 is 0 Å². The topological polar surface area (TPSA) is 66.9 Å². The fourth-order valence-electron chi connectivity index (χ4n) is 3.39. The van der Waals surface area contributed by atoms with Crippen LogP contribution in [0.25, 0.3) is 0 Å². The van der Waals surface area contributed by atoms with Crippen molar-refractivity contribution < 1.29 is 19.1 Å². The summed E-state index contributed by atoms with van der Waals surface area (Å²) in [6.07, 6.45) is 0.718. The summed E-state index contributed by atoms with van der Waals surface area (Å²) in [5, 5.41) is 0. The third kappa shape index (κ3) is 4.54. The number of benzene rings is 2. The van der Waals surface area contributed by atoms with Crippen LogP contribution in [0.4, 0.5) is 0 Å². The predicted molar refractivity (Wildman–Crippen MR) is 110 cm³/mol. The third-order valence-electron chi connectivity index (χ3n) is 5.19. The van der Waals surface area contributed by atoms with Gasteiger partial charge in [0, 0.05) is 6.54 Å². The molecule has 1 heterocycles. The summed E-state index contributed by atoms with van der Waals surface area (Å²) >= 11 is 0. The maximum atomic E-state index is 12.7. The summed E-state index contributed by atoms with van der Waals surface area (Å²) in [5.74, 6) is -0.782. The lowest BCUT2D eigenvalue weighted by Crippen LogP contribution is -2.33. The first-order valence-corrected chi connectivity index (χ1v) is 9.96. The van der Waals surface area contributed by atoms with Crippen LogP contribution in [0.5, 0.6) is 5.75 Å². The molecule has 6 nitrogen and oxygen atoms in total. The first-order chi connectivity index (χ1) is 13.9. The third-order valence-corrected chi connectivity index (χ3v) is 5.19. The van der Waals surface area contributed by atoms with Crippen LogP contribution < -0.4 is 4.74 Å². The van der Waals surface area contributed by atoms with Gasteiger partial charge in [0.25, 0.3) is 11.8 Å². The smallest absolute Gasteiger partial charge is 0.343 e. The molecule has 1 aliphatic rings. The molecule has 29 heavy (non-hydrogen) atoms. The van der Waals surface area contributed by atoms with Crippen molar-refractivity contribution in [2.24, 2.45) is 0 Å². The number of carbonyl (C=O) groups is 3. The number of hydrogen-bond donors (Lipinski definition) is 0. The van der Waals surface area contributed by atoms with Gasteiger partial charge < -0.3 is 9.64 Å². The Labute approximate surface area is 171 Å². The van der Waals surface area contributed by atoms with E-state index in [9.17, 15) is 14.4 Å². The van der Waals surface area contributed by atoms with E-state index >= 15 is 0 Å². The van der Waals surface area contributed by atoms with Gasteiger partial charge in [0.1, 0.15) is 5.75 Å². The molecule has 152 valence electrons. The first-order valence-electron chi connectivity index (χ1n) is 9.96. The Kier molecular flexibility index (Phi) is 6.44. The second kappa shape index (κ2) is 9.01. The average Bonchev–Trinajstić information content (AvgIpc) is 2.97. The molecule has 0 saturated carbocycles. The van der Waals surface area contributed by atoms with Gasteiger partial charge in [-0.3, -0.25) is 14.5 Å². The fraction of sp³-hybridized carbons (Fsp3) is 0.348. The van der Waals surface area contributed by atoms with Crippen molar-refractivity contribution in [2.45, 2.75) is 27.2 Å². The average molecular weight is 394 g/mol. The number of nitrogens with zero attached hydrogens (tertiary/aromatic N) is 2. The van der Waals surface area contributed by atoms with E-state index in [1.807, 2.05) is 19.1 Å². The zero-order valence-corrected chi connectivity index (χ0v) is 17.1. The van der Waals surface area contributed by atoms with Crippen LogP contribution in [-0.2, 0) is 0 Å². The number of esters is 1. The van der Waals surface area contributed by atoms with Crippen molar-refractivity contribution in [3.05, 3.63) is 64.7 Å². The van der Waals surface area contributed by atoms with Crippen molar-refractivity contribution in [2.75, 3.05) is 26.2 Å². The Morgan fingerprint density at radius 3 is 2.28 bits per heavy atom. The molecule has 0 fully saturated rings. The van der Waals surface area contributed by atoms with Gasteiger partial charge in [-0.1, -0.05) is 31.5 Å². The summed E-state index contributed by atoms with van der Waals surface area (Å²) < 4.78 is 5.37. The molecule has 0 atom stereocenters. The van der Waals surface area contributed by atoms with Crippen LogP contribution in [0.3, 0.4) is 0 Å². The van der Waals surface area contributed by atoms with E-state index in [4.69, 9.17) is 4.74 Å². The van der Waals surface area contributed by atoms with E-state index in [0.29, 0.717) is 17.9 Å². The number of imide groups is 1. The monoisotopic (exact) mass is 394 g/mol. The van der Waals surface area contributed by atoms with Gasteiger partial charge in [-0.25, -0.2) is 4.79 Å². The van der Waals surface area contributed by atoms with Gasteiger partial charge in [-0.2, -0.15) is 0 Å². The quantitative estimate of drug-likeness (QED) is 0.389. The Hall–Kier alpha value is -2.99. The second-order valence-electron chi connectivity index (χ2n) is 7.11. The van der Waals surface area contributed by atoms with E-state index in [1.165, 1.54) is 23.1 Å². The summed E-state index contributed by atoms with van der Waals surface area (Å²) in [6, 6.07) is 11.6. The van der Waals surface area contributed by atoms with E-state index in [-0.39, 0.29) is 22.9 Å². The van der Waals surface area contributed by atoms with Crippen LogP contribution in [0.2, 0.25) is 0 Å². The molecule has 3 rings (SSSR count). The summed E-state index contributed by atoms with van der Waals surface area (Å²) in [6.45, 7) is 9.19. The molecule has 0 bridgehead atoms. The van der Waals surface area contributed by atoms with Gasteiger partial charge in [0.05, 0.1) is 16.7 Å². The number of fused-ring (bicyclic) bond motifs is 1. The summed E-state index contributed by atoms with van der Waals surface area (Å²) in [7, 11) is 0. The van der Waals surface area contributed by atoms with Crippen LogP contribution in [-0.4, -0.2) is 53.8 Å². The molecule has 1 aliphatic heterocycles. The Morgan fingerprint density at radius 1 is 0.966 bits per heavy atom. The largest absolute Gasteiger partial charge is 0.423 e. The highest BCUT2D eigenvalue weighted by atomic mass is 16.5. The highest BCUT2D eigenvalue weighted by Gasteiger charge is 2.35. The van der Waals surface area contributed by atoms with Crippen molar-refractivity contribution in [3.63, 3.8) is 0 Å². The van der Waals surface area contributed by atoms with Crippen molar-refractivity contribution in [3.8, 4) is 5.75 Å². The Bertz CT molecular complexity index is 917. The number of ether oxygens (including phenoxy) is 1. The zero-order chi connectivity index (χ0) is 21.0. The molecule has 0 radical (unpaired) electrons. The fourth-order valence-corrected chi connectivity index (χ4v) is 3.39. The lowest BCUT2D eigenvalue weighted by atomic mass is 10.1. The van der Waals surface area contributed by atoms with Crippen LogP contribution in [0, 0.1) is 6.92 Å².